The SMILES string of the molecule is OCc1c(OCCN2CCCCC2)ccc2ccccc12. The van der Waals surface area contributed by atoms with Gasteiger partial charge in [-0.1, -0.05) is 36.8 Å². The van der Waals surface area contributed by atoms with Gasteiger partial charge in [0.2, 0.25) is 0 Å². The Balaban J connectivity index is 1.68. The Morgan fingerprint density at radius 2 is 1.81 bits per heavy atom. The summed E-state index contributed by atoms with van der Waals surface area (Å²) in [6, 6.07) is 12.2. The second-order valence-corrected chi connectivity index (χ2v) is 5.67. The average Bonchev–Trinajstić information content (AvgIpc) is 2.55. The van der Waals surface area contributed by atoms with E-state index >= 15 is 0 Å². The van der Waals surface area contributed by atoms with Crippen molar-refractivity contribution in [3.05, 3.63) is 42.0 Å². The molecule has 3 rings (SSSR count). The highest BCUT2D eigenvalue weighted by Gasteiger charge is 2.11. The van der Waals surface area contributed by atoms with Gasteiger partial charge in [-0.25, -0.2) is 0 Å². The van der Waals surface area contributed by atoms with Crippen molar-refractivity contribution < 1.29 is 9.84 Å². The molecule has 0 unspecified atom stereocenters. The molecule has 3 nitrogen and oxygen atoms in total. The maximum Gasteiger partial charge on any atom is 0.125 e. The lowest BCUT2D eigenvalue weighted by atomic mass is 10.0. The smallest absolute Gasteiger partial charge is 0.125 e. The number of piperidine rings is 1. The van der Waals surface area contributed by atoms with Crippen molar-refractivity contribution in [3.63, 3.8) is 0 Å². The lowest BCUT2D eigenvalue weighted by Crippen LogP contribution is -2.33. The molecule has 0 aliphatic carbocycles. The van der Waals surface area contributed by atoms with Crippen LogP contribution >= 0.6 is 0 Å². The van der Waals surface area contributed by atoms with Crippen LogP contribution in [0.1, 0.15) is 24.8 Å². The number of nitrogens with zero attached hydrogens (tertiary/aromatic N) is 1. The van der Waals surface area contributed by atoms with Crippen LogP contribution in [0.4, 0.5) is 0 Å². The first-order valence-electron chi connectivity index (χ1n) is 7.85. The van der Waals surface area contributed by atoms with Gasteiger partial charge in [0.25, 0.3) is 0 Å². The molecule has 2 aromatic carbocycles. The highest BCUT2D eigenvalue weighted by molar-refractivity contribution is 5.87. The largest absolute Gasteiger partial charge is 0.492 e. The lowest BCUT2D eigenvalue weighted by molar-refractivity contribution is 0.181. The molecule has 0 aromatic heterocycles. The van der Waals surface area contributed by atoms with Gasteiger partial charge in [-0.3, -0.25) is 4.90 Å². The molecule has 1 aliphatic heterocycles. The van der Waals surface area contributed by atoms with Crippen LogP contribution in [0.5, 0.6) is 5.75 Å². The summed E-state index contributed by atoms with van der Waals surface area (Å²) in [4.78, 5) is 2.46. The molecule has 0 radical (unpaired) electrons. The summed E-state index contributed by atoms with van der Waals surface area (Å²) in [7, 11) is 0. The third-order valence-electron chi connectivity index (χ3n) is 4.27. The van der Waals surface area contributed by atoms with Crippen LogP contribution in [0.3, 0.4) is 0 Å². The van der Waals surface area contributed by atoms with E-state index in [4.69, 9.17) is 4.74 Å². The fraction of sp³-hybridized carbons (Fsp3) is 0.444. The van der Waals surface area contributed by atoms with Crippen LogP contribution < -0.4 is 4.74 Å². The number of rotatable bonds is 5. The molecule has 0 amide bonds. The molecule has 0 saturated carbocycles. The first-order valence-corrected chi connectivity index (χ1v) is 7.85. The molecule has 2 aromatic rings. The van der Waals surface area contributed by atoms with Gasteiger partial charge < -0.3 is 9.84 Å². The minimum absolute atomic E-state index is 0.0143. The summed E-state index contributed by atoms with van der Waals surface area (Å²) in [5.41, 5.74) is 0.895. The molecule has 1 aliphatic rings. The molecule has 21 heavy (non-hydrogen) atoms. The zero-order valence-corrected chi connectivity index (χ0v) is 12.4. The molecule has 1 N–H and O–H groups in total. The molecule has 0 bridgehead atoms. The Hall–Kier alpha value is -1.58. The Bertz CT molecular complexity index is 591. The predicted molar refractivity (Wildman–Crippen MR) is 85.7 cm³/mol. The quantitative estimate of drug-likeness (QED) is 0.915. The first kappa shape index (κ1) is 14.4. The third kappa shape index (κ3) is 3.36. The molecule has 0 atom stereocenters. The number of likely N-dealkylation sites (tertiary alicyclic amines) is 1. The van der Waals surface area contributed by atoms with Crippen molar-refractivity contribution in [1.82, 2.24) is 4.90 Å². The molecule has 0 spiro atoms. The Morgan fingerprint density at radius 1 is 1.00 bits per heavy atom. The van der Waals surface area contributed by atoms with E-state index in [1.165, 1.54) is 32.4 Å². The van der Waals surface area contributed by atoms with Gasteiger partial charge in [0.05, 0.1) is 6.61 Å². The fourth-order valence-electron chi connectivity index (χ4n) is 3.08. The zero-order valence-electron chi connectivity index (χ0n) is 12.4. The maximum absolute atomic E-state index is 9.67. The zero-order chi connectivity index (χ0) is 14.5. The normalized spacial score (nSPS) is 16.2. The minimum atomic E-state index is 0.0143. The Kier molecular flexibility index (Phi) is 4.73. The molecule has 1 heterocycles. The topological polar surface area (TPSA) is 32.7 Å². The van der Waals surface area contributed by atoms with Gasteiger partial charge >= 0.3 is 0 Å². The second kappa shape index (κ2) is 6.92. The van der Waals surface area contributed by atoms with E-state index in [0.717, 1.165) is 28.6 Å². The van der Waals surface area contributed by atoms with Crippen molar-refractivity contribution >= 4 is 10.8 Å². The van der Waals surface area contributed by atoms with E-state index in [0.29, 0.717) is 6.61 Å². The van der Waals surface area contributed by atoms with Crippen molar-refractivity contribution in [2.24, 2.45) is 0 Å². The van der Waals surface area contributed by atoms with Crippen molar-refractivity contribution in [3.8, 4) is 5.75 Å². The monoisotopic (exact) mass is 285 g/mol. The van der Waals surface area contributed by atoms with Crippen LogP contribution in [0, 0.1) is 0 Å². The van der Waals surface area contributed by atoms with Crippen molar-refractivity contribution in [2.75, 3.05) is 26.2 Å². The summed E-state index contributed by atoms with van der Waals surface area (Å²) in [6.45, 7) is 4.05. The van der Waals surface area contributed by atoms with E-state index in [2.05, 4.69) is 17.0 Å². The van der Waals surface area contributed by atoms with Crippen LogP contribution in [0.2, 0.25) is 0 Å². The molecule has 1 fully saturated rings. The fourth-order valence-corrected chi connectivity index (χ4v) is 3.08. The molecule has 1 saturated heterocycles. The molecule has 112 valence electrons. The van der Waals surface area contributed by atoms with E-state index in [9.17, 15) is 5.11 Å². The van der Waals surface area contributed by atoms with E-state index in [1.807, 2.05) is 24.3 Å². The highest BCUT2D eigenvalue weighted by atomic mass is 16.5. The third-order valence-corrected chi connectivity index (χ3v) is 4.27. The molecular weight excluding hydrogens is 262 g/mol. The second-order valence-electron chi connectivity index (χ2n) is 5.67. The van der Waals surface area contributed by atoms with Gasteiger partial charge in [0, 0.05) is 12.1 Å². The minimum Gasteiger partial charge on any atom is -0.492 e. The Labute approximate surface area is 126 Å². The standard InChI is InChI=1S/C18H23NO2/c20-14-17-16-7-3-2-6-15(16)8-9-18(17)21-13-12-19-10-4-1-5-11-19/h2-3,6-9,20H,1,4-5,10-14H2. The van der Waals surface area contributed by atoms with Crippen LogP contribution in [0.15, 0.2) is 36.4 Å². The number of fused-ring (bicyclic) bond motifs is 1. The van der Waals surface area contributed by atoms with Crippen molar-refractivity contribution in [1.29, 1.82) is 0 Å². The summed E-state index contributed by atoms with van der Waals surface area (Å²) < 4.78 is 5.94. The maximum atomic E-state index is 9.67. The summed E-state index contributed by atoms with van der Waals surface area (Å²) in [5.74, 6) is 0.813. The number of ether oxygens (including phenoxy) is 1. The molecular formula is C18H23NO2. The van der Waals surface area contributed by atoms with Crippen LogP contribution in [-0.2, 0) is 6.61 Å². The number of benzene rings is 2. The summed E-state index contributed by atoms with van der Waals surface area (Å²) in [5, 5.41) is 11.9. The number of aliphatic hydroxyl groups excluding tert-OH is 1. The van der Waals surface area contributed by atoms with Crippen LogP contribution in [0.25, 0.3) is 10.8 Å². The lowest BCUT2D eigenvalue weighted by Gasteiger charge is -2.26. The number of aliphatic hydroxyl groups is 1. The van der Waals surface area contributed by atoms with E-state index in [1.54, 1.807) is 0 Å². The molecule has 3 heteroatoms. The van der Waals surface area contributed by atoms with E-state index < -0.39 is 0 Å². The van der Waals surface area contributed by atoms with Gasteiger partial charge in [0.1, 0.15) is 12.4 Å². The predicted octanol–water partition coefficient (Wildman–Crippen LogP) is 3.20. The van der Waals surface area contributed by atoms with Crippen LogP contribution in [-0.4, -0.2) is 36.2 Å². The first-order chi connectivity index (χ1) is 10.4. The number of hydrogen-bond acceptors (Lipinski definition) is 3. The van der Waals surface area contributed by atoms with Gasteiger partial charge in [-0.2, -0.15) is 0 Å². The summed E-state index contributed by atoms with van der Waals surface area (Å²) >= 11 is 0. The van der Waals surface area contributed by atoms with E-state index in [-0.39, 0.29) is 6.61 Å². The Morgan fingerprint density at radius 3 is 2.62 bits per heavy atom. The van der Waals surface area contributed by atoms with Gasteiger partial charge in [-0.05, 0) is 42.8 Å². The highest BCUT2D eigenvalue weighted by Crippen LogP contribution is 2.28. The van der Waals surface area contributed by atoms with Gasteiger partial charge in [-0.15, -0.1) is 0 Å². The van der Waals surface area contributed by atoms with Crippen molar-refractivity contribution in [2.45, 2.75) is 25.9 Å². The van der Waals surface area contributed by atoms with Gasteiger partial charge in [0.15, 0.2) is 0 Å². The summed E-state index contributed by atoms with van der Waals surface area (Å²) in [6.07, 6.45) is 3.96. The average molecular weight is 285 g/mol. The number of hydrogen-bond donors (Lipinski definition) is 1.